The zero-order valence-electron chi connectivity index (χ0n) is 14.4. The number of esters is 1. The second-order valence-corrected chi connectivity index (χ2v) is 6.83. The third-order valence-electron chi connectivity index (χ3n) is 4.54. The molecule has 10 heteroatoms. The molecule has 1 saturated carbocycles. The molecule has 146 valence electrons. The van der Waals surface area contributed by atoms with Crippen LogP contribution < -0.4 is 5.56 Å². The van der Waals surface area contributed by atoms with Gasteiger partial charge in [-0.05, 0) is 19.1 Å². The maximum atomic E-state index is 13.7. The van der Waals surface area contributed by atoms with Gasteiger partial charge in [0.25, 0.3) is 11.5 Å². The van der Waals surface area contributed by atoms with Gasteiger partial charge in [-0.1, -0.05) is 17.7 Å². The van der Waals surface area contributed by atoms with Crippen molar-refractivity contribution in [3.8, 4) is 11.3 Å². The maximum absolute atomic E-state index is 13.7. The Bertz CT molecular complexity index is 1170. The number of aromatic amines is 1. The van der Waals surface area contributed by atoms with E-state index in [0.717, 1.165) is 10.6 Å². The second kappa shape index (κ2) is 6.37. The fourth-order valence-electron chi connectivity index (χ4n) is 3.12. The number of nitrogens with one attached hydrogen (secondary N) is 1. The van der Waals surface area contributed by atoms with Crippen molar-refractivity contribution in [2.75, 3.05) is 6.61 Å². The number of nitrogens with zero attached hydrogens (tertiary/aromatic N) is 2. The first-order chi connectivity index (χ1) is 13.2. The maximum Gasteiger partial charge on any atom is 0.359 e. The van der Waals surface area contributed by atoms with Gasteiger partial charge in [0.2, 0.25) is 0 Å². The lowest BCUT2D eigenvalue weighted by Crippen LogP contribution is -2.13. The minimum Gasteiger partial charge on any atom is -0.461 e. The van der Waals surface area contributed by atoms with E-state index >= 15 is 0 Å². The number of H-pyrrole nitrogens is 1. The van der Waals surface area contributed by atoms with E-state index < -0.39 is 35.6 Å². The molecule has 0 radical (unpaired) electrons. The first-order valence-electron chi connectivity index (χ1n) is 8.39. The molecule has 0 amide bonds. The Morgan fingerprint density at radius 3 is 2.79 bits per heavy atom. The first-order valence-corrected chi connectivity index (χ1v) is 8.76. The van der Waals surface area contributed by atoms with Crippen LogP contribution in [0, 0.1) is 5.82 Å². The Balaban J connectivity index is 1.92. The highest BCUT2D eigenvalue weighted by atomic mass is 35.5. The predicted molar refractivity (Wildman–Crippen MR) is 94.5 cm³/mol. The van der Waals surface area contributed by atoms with Crippen LogP contribution in [0.15, 0.2) is 29.2 Å². The number of carbonyl (C=O) groups is 1. The average molecular weight is 412 g/mol. The molecule has 1 N–H and O–H groups in total. The highest BCUT2D eigenvalue weighted by Gasteiger charge is 2.60. The summed E-state index contributed by atoms with van der Waals surface area (Å²) in [6.07, 6.45) is 0.844. The van der Waals surface area contributed by atoms with Crippen molar-refractivity contribution in [1.82, 2.24) is 14.6 Å². The molecule has 0 aliphatic heterocycles. The molecule has 1 unspecified atom stereocenters. The third kappa shape index (κ3) is 2.95. The monoisotopic (exact) mass is 411 g/mol. The SMILES string of the molecule is CCOC(=O)c1nn2cc(-c3ccc(Cl)c(F)c3)[nH]c(=O)c2c1C1CC1(F)F. The first kappa shape index (κ1) is 18.5. The Morgan fingerprint density at radius 1 is 1.46 bits per heavy atom. The largest absolute Gasteiger partial charge is 0.461 e. The molecular formula is C18H13ClF3N3O3. The molecule has 1 aliphatic rings. The van der Waals surface area contributed by atoms with E-state index in [1.165, 1.54) is 18.3 Å². The molecule has 1 aliphatic carbocycles. The summed E-state index contributed by atoms with van der Waals surface area (Å²) in [7, 11) is 0. The topological polar surface area (TPSA) is 76.5 Å². The number of hydrogen-bond acceptors (Lipinski definition) is 4. The van der Waals surface area contributed by atoms with E-state index in [0.29, 0.717) is 5.56 Å². The van der Waals surface area contributed by atoms with E-state index in [9.17, 15) is 22.8 Å². The number of fused-ring (bicyclic) bond motifs is 1. The molecule has 1 atom stereocenters. The number of halogens is 4. The van der Waals surface area contributed by atoms with Gasteiger partial charge in [0, 0.05) is 17.5 Å². The number of benzene rings is 1. The zero-order chi connectivity index (χ0) is 20.2. The standard InChI is InChI=1S/C18H13ClF3N3O3/c1-2-28-17(27)14-13(9-6-18(9,21)22)15-16(26)23-12(7-25(15)24-14)8-3-4-10(19)11(20)5-8/h3-5,7,9H,2,6H2,1H3,(H,23,26). The van der Waals surface area contributed by atoms with Crippen molar-refractivity contribution in [2.45, 2.75) is 25.2 Å². The minimum absolute atomic E-state index is 0.0267. The molecule has 2 heterocycles. The number of rotatable bonds is 4. The van der Waals surface area contributed by atoms with Crippen LogP contribution in [0.4, 0.5) is 13.2 Å². The second-order valence-electron chi connectivity index (χ2n) is 6.42. The van der Waals surface area contributed by atoms with E-state index in [4.69, 9.17) is 16.3 Å². The van der Waals surface area contributed by atoms with Gasteiger partial charge in [-0.2, -0.15) is 5.10 Å². The Morgan fingerprint density at radius 2 is 2.18 bits per heavy atom. The van der Waals surface area contributed by atoms with Gasteiger partial charge in [0.1, 0.15) is 11.3 Å². The highest BCUT2D eigenvalue weighted by molar-refractivity contribution is 6.30. The number of hydrogen-bond donors (Lipinski definition) is 1. The molecule has 0 bridgehead atoms. The van der Waals surface area contributed by atoms with Crippen LogP contribution in [0.1, 0.15) is 35.3 Å². The molecule has 1 aromatic carbocycles. The van der Waals surface area contributed by atoms with E-state index in [2.05, 4.69) is 10.1 Å². The van der Waals surface area contributed by atoms with Gasteiger partial charge in [0.15, 0.2) is 5.69 Å². The highest BCUT2D eigenvalue weighted by Crippen LogP contribution is 2.57. The summed E-state index contributed by atoms with van der Waals surface area (Å²) in [5, 5.41) is 3.93. The summed E-state index contributed by atoms with van der Waals surface area (Å²) in [4.78, 5) is 27.4. The summed E-state index contributed by atoms with van der Waals surface area (Å²) < 4.78 is 47.1. The number of carbonyl (C=O) groups excluding carboxylic acids is 1. The molecular weight excluding hydrogens is 399 g/mol. The quantitative estimate of drug-likeness (QED) is 0.663. The molecule has 3 aromatic rings. The van der Waals surface area contributed by atoms with Crippen molar-refractivity contribution < 1.29 is 22.7 Å². The summed E-state index contributed by atoms with van der Waals surface area (Å²) >= 11 is 5.66. The van der Waals surface area contributed by atoms with Gasteiger partial charge in [-0.3, -0.25) is 4.79 Å². The minimum atomic E-state index is -3.02. The zero-order valence-corrected chi connectivity index (χ0v) is 15.2. The van der Waals surface area contributed by atoms with Gasteiger partial charge in [-0.15, -0.1) is 0 Å². The van der Waals surface area contributed by atoms with Crippen molar-refractivity contribution in [3.05, 3.63) is 56.8 Å². The third-order valence-corrected chi connectivity index (χ3v) is 4.84. The molecule has 0 spiro atoms. The van der Waals surface area contributed by atoms with Gasteiger partial charge in [-0.25, -0.2) is 22.5 Å². The molecule has 0 saturated heterocycles. The molecule has 2 aromatic heterocycles. The normalized spacial score (nSPS) is 17.7. The summed E-state index contributed by atoms with van der Waals surface area (Å²) in [5.74, 6) is -5.88. The van der Waals surface area contributed by atoms with Crippen molar-refractivity contribution in [3.63, 3.8) is 0 Å². The molecule has 6 nitrogen and oxygen atoms in total. The van der Waals surface area contributed by atoms with Crippen LogP contribution >= 0.6 is 11.6 Å². The molecule has 4 rings (SSSR count). The lowest BCUT2D eigenvalue weighted by atomic mass is 10.1. The summed E-state index contributed by atoms with van der Waals surface area (Å²) in [6.45, 7) is 1.60. The predicted octanol–water partition coefficient (Wildman–Crippen LogP) is 3.78. The Hall–Kier alpha value is -2.81. The van der Waals surface area contributed by atoms with Crippen LogP contribution in [-0.4, -0.2) is 33.1 Å². The van der Waals surface area contributed by atoms with Gasteiger partial charge < -0.3 is 9.72 Å². The van der Waals surface area contributed by atoms with Gasteiger partial charge in [0.05, 0.1) is 29.4 Å². The Labute approximate surface area is 160 Å². The van der Waals surface area contributed by atoms with Gasteiger partial charge >= 0.3 is 5.97 Å². The van der Waals surface area contributed by atoms with Crippen molar-refractivity contribution >= 4 is 23.1 Å². The smallest absolute Gasteiger partial charge is 0.359 e. The summed E-state index contributed by atoms with van der Waals surface area (Å²) in [6, 6.07) is 3.91. The number of alkyl halides is 2. The van der Waals surface area contributed by atoms with Crippen LogP contribution in [0.3, 0.4) is 0 Å². The van der Waals surface area contributed by atoms with E-state index in [-0.39, 0.29) is 34.1 Å². The fourth-order valence-corrected chi connectivity index (χ4v) is 3.24. The van der Waals surface area contributed by atoms with Crippen molar-refractivity contribution in [2.24, 2.45) is 0 Å². The lowest BCUT2D eigenvalue weighted by Gasteiger charge is -2.05. The number of aromatic nitrogens is 3. The van der Waals surface area contributed by atoms with Crippen LogP contribution in [0.25, 0.3) is 16.8 Å². The van der Waals surface area contributed by atoms with Crippen molar-refractivity contribution in [1.29, 1.82) is 0 Å². The van der Waals surface area contributed by atoms with Crippen LogP contribution in [-0.2, 0) is 4.74 Å². The molecule has 28 heavy (non-hydrogen) atoms. The fraction of sp³-hybridized carbons (Fsp3) is 0.278. The average Bonchev–Trinajstić information content (AvgIpc) is 3.09. The van der Waals surface area contributed by atoms with E-state index in [1.807, 2.05) is 0 Å². The van der Waals surface area contributed by atoms with Crippen LogP contribution in [0.2, 0.25) is 5.02 Å². The Kier molecular flexibility index (Phi) is 4.22. The van der Waals surface area contributed by atoms with E-state index in [1.54, 1.807) is 6.92 Å². The summed E-state index contributed by atoms with van der Waals surface area (Å²) in [5.41, 5.74) is -0.878. The van der Waals surface area contributed by atoms with Crippen LogP contribution in [0.5, 0.6) is 0 Å². The number of ether oxygens (including phenoxy) is 1. The lowest BCUT2D eigenvalue weighted by molar-refractivity contribution is 0.0517. The molecule has 1 fully saturated rings.